The van der Waals surface area contributed by atoms with Gasteiger partial charge in [-0.3, -0.25) is 4.79 Å². The highest BCUT2D eigenvalue weighted by atomic mass is 16.3. The number of hydrogen-bond donors (Lipinski definition) is 2. The van der Waals surface area contributed by atoms with Gasteiger partial charge in [0.05, 0.1) is 12.5 Å². The molecule has 1 atom stereocenters. The van der Waals surface area contributed by atoms with E-state index in [1.54, 1.807) is 0 Å². The van der Waals surface area contributed by atoms with Gasteiger partial charge >= 0.3 is 0 Å². The number of hydrogen-bond acceptors (Lipinski definition) is 3. The van der Waals surface area contributed by atoms with Crippen LogP contribution in [0.4, 0.5) is 5.69 Å². The van der Waals surface area contributed by atoms with Crippen molar-refractivity contribution in [1.82, 2.24) is 5.32 Å². The summed E-state index contributed by atoms with van der Waals surface area (Å²) in [5.74, 6) is -0.0923. The summed E-state index contributed by atoms with van der Waals surface area (Å²) in [5, 5.41) is 15.4. The molecule has 0 fully saturated rings. The number of amides is 1. The van der Waals surface area contributed by atoms with E-state index in [4.69, 9.17) is 0 Å². The third-order valence-corrected chi connectivity index (χ3v) is 4.52. The molecule has 3 aromatic carbocycles. The van der Waals surface area contributed by atoms with Crippen molar-refractivity contribution in [2.45, 2.75) is 12.5 Å². The number of rotatable bonds is 6. The minimum Gasteiger partial charge on any atom is -0.387 e. The van der Waals surface area contributed by atoms with Gasteiger partial charge in [0.25, 0.3) is 0 Å². The van der Waals surface area contributed by atoms with E-state index in [0.29, 0.717) is 6.42 Å². The smallest absolute Gasteiger partial charge is 0.224 e. The molecule has 0 spiro atoms. The number of nitrogens with zero attached hydrogens (tertiary/aromatic N) is 1. The highest BCUT2D eigenvalue weighted by molar-refractivity contribution is 5.90. The summed E-state index contributed by atoms with van der Waals surface area (Å²) in [7, 11) is 3.94. The van der Waals surface area contributed by atoms with Crippen LogP contribution in [-0.4, -0.2) is 31.7 Å². The first kappa shape index (κ1) is 18.0. The Kier molecular flexibility index (Phi) is 5.54. The second kappa shape index (κ2) is 8.02. The first-order valence-corrected chi connectivity index (χ1v) is 8.73. The molecular weight excluding hydrogens is 324 g/mol. The minimum atomic E-state index is -0.720. The number of carbonyl (C=O) groups is 1. The molecule has 0 aromatic heterocycles. The molecule has 0 radical (unpaired) electrons. The van der Waals surface area contributed by atoms with Gasteiger partial charge in [-0.15, -0.1) is 0 Å². The van der Waals surface area contributed by atoms with Gasteiger partial charge in [0.15, 0.2) is 0 Å². The summed E-state index contributed by atoms with van der Waals surface area (Å²) in [5.41, 5.74) is 2.85. The molecule has 0 bridgehead atoms. The van der Waals surface area contributed by atoms with E-state index in [1.165, 1.54) is 0 Å². The van der Waals surface area contributed by atoms with Crippen LogP contribution in [-0.2, 0) is 11.2 Å². The molecule has 3 rings (SSSR count). The number of anilines is 1. The summed E-state index contributed by atoms with van der Waals surface area (Å²) in [4.78, 5) is 14.3. The fourth-order valence-corrected chi connectivity index (χ4v) is 3.01. The van der Waals surface area contributed by atoms with Crippen molar-refractivity contribution < 1.29 is 9.90 Å². The van der Waals surface area contributed by atoms with Gasteiger partial charge in [-0.2, -0.15) is 0 Å². The van der Waals surface area contributed by atoms with Gasteiger partial charge in [0, 0.05) is 26.3 Å². The normalized spacial score (nSPS) is 12.0. The molecule has 0 aliphatic rings. The lowest BCUT2D eigenvalue weighted by Crippen LogP contribution is -2.29. The zero-order valence-corrected chi connectivity index (χ0v) is 15.1. The molecule has 0 saturated heterocycles. The van der Waals surface area contributed by atoms with Gasteiger partial charge in [0.2, 0.25) is 5.91 Å². The molecule has 1 amide bonds. The number of carbonyl (C=O) groups excluding carboxylic acids is 1. The number of nitrogens with one attached hydrogen (secondary N) is 1. The Hall–Kier alpha value is -2.85. The lowest BCUT2D eigenvalue weighted by atomic mass is 10.0. The van der Waals surface area contributed by atoms with E-state index in [2.05, 4.69) is 5.32 Å². The Labute approximate surface area is 154 Å². The Morgan fingerprint density at radius 1 is 1.00 bits per heavy atom. The standard InChI is InChI=1S/C22H24N2O2/c1-24(2)19-12-10-17(11-13-19)21(25)15-23-22(26)14-18-8-5-7-16-6-3-4-9-20(16)18/h3-13,21,25H,14-15H2,1-2H3,(H,23,26)/t21-/m0/s1. The quantitative estimate of drug-likeness (QED) is 0.719. The van der Waals surface area contributed by atoms with Crippen molar-refractivity contribution in [2.75, 3.05) is 25.5 Å². The molecule has 0 saturated carbocycles. The zero-order chi connectivity index (χ0) is 18.5. The van der Waals surface area contributed by atoms with Crippen LogP contribution in [0, 0.1) is 0 Å². The Balaban J connectivity index is 1.59. The largest absolute Gasteiger partial charge is 0.387 e. The number of aliphatic hydroxyl groups excluding tert-OH is 1. The van der Waals surface area contributed by atoms with Gasteiger partial charge in [0.1, 0.15) is 0 Å². The third kappa shape index (κ3) is 4.21. The SMILES string of the molecule is CN(C)c1ccc([C@@H](O)CNC(=O)Cc2cccc3ccccc23)cc1. The molecule has 4 nitrogen and oxygen atoms in total. The van der Waals surface area contributed by atoms with Crippen LogP contribution in [0.25, 0.3) is 10.8 Å². The summed E-state index contributed by atoms with van der Waals surface area (Å²) in [6.07, 6.45) is -0.420. The average Bonchev–Trinajstić information content (AvgIpc) is 2.66. The Bertz CT molecular complexity index is 883. The number of fused-ring (bicyclic) bond motifs is 1. The van der Waals surface area contributed by atoms with Crippen LogP contribution >= 0.6 is 0 Å². The summed E-state index contributed by atoms with van der Waals surface area (Å²) < 4.78 is 0. The van der Waals surface area contributed by atoms with Gasteiger partial charge < -0.3 is 15.3 Å². The zero-order valence-electron chi connectivity index (χ0n) is 15.1. The predicted octanol–water partition coefficient (Wildman–Crippen LogP) is 3.30. The Morgan fingerprint density at radius 2 is 1.69 bits per heavy atom. The first-order chi connectivity index (χ1) is 12.5. The van der Waals surface area contributed by atoms with E-state index in [0.717, 1.165) is 27.6 Å². The summed E-state index contributed by atoms with van der Waals surface area (Å²) in [6.45, 7) is 0.199. The molecule has 0 aliphatic carbocycles. The van der Waals surface area contributed by atoms with Crippen LogP contribution in [0.5, 0.6) is 0 Å². The van der Waals surface area contributed by atoms with Crippen molar-refractivity contribution in [3.05, 3.63) is 77.9 Å². The number of aliphatic hydroxyl groups is 1. The molecule has 0 aliphatic heterocycles. The highest BCUT2D eigenvalue weighted by Gasteiger charge is 2.11. The molecule has 0 heterocycles. The van der Waals surface area contributed by atoms with Crippen molar-refractivity contribution in [3.8, 4) is 0 Å². The van der Waals surface area contributed by atoms with Crippen LogP contribution in [0.2, 0.25) is 0 Å². The van der Waals surface area contributed by atoms with Crippen molar-refractivity contribution in [1.29, 1.82) is 0 Å². The maximum absolute atomic E-state index is 12.3. The maximum Gasteiger partial charge on any atom is 0.224 e. The fourth-order valence-electron chi connectivity index (χ4n) is 3.01. The molecule has 26 heavy (non-hydrogen) atoms. The monoisotopic (exact) mass is 348 g/mol. The molecule has 2 N–H and O–H groups in total. The lowest BCUT2D eigenvalue weighted by Gasteiger charge is -2.16. The van der Waals surface area contributed by atoms with Crippen LogP contribution in [0.15, 0.2) is 66.7 Å². The summed E-state index contributed by atoms with van der Waals surface area (Å²) in [6, 6.07) is 21.7. The molecule has 3 aromatic rings. The van der Waals surface area contributed by atoms with E-state index < -0.39 is 6.10 Å². The average molecular weight is 348 g/mol. The second-order valence-corrected chi connectivity index (χ2v) is 6.62. The van der Waals surface area contributed by atoms with Crippen LogP contribution in [0.1, 0.15) is 17.2 Å². The summed E-state index contributed by atoms with van der Waals surface area (Å²) >= 11 is 0. The van der Waals surface area contributed by atoms with E-state index in [9.17, 15) is 9.90 Å². The molecule has 0 unspecified atom stereocenters. The van der Waals surface area contributed by atoms with E-state index in [-0.39, 0.29) is 12.5 Å². The Morgan fingerprint density at radius 3 is 2.42 bits per heavy atom. The lowest BCUT2D eigenvalue weighted by molar-refractivity contribution is -0.120. The molecular formula is C22H24N2O2. The van der Waals surface area contributed by atoms with Crippen molar-refractivity contribution in [3.63, 3.8) is 0 Å². The van der Waals surface area contributed by atoms with Crippen molar-refractivity contribution in [2.24, 2.45) is 0 Å². The molecule has 134 valence electrons. The second-order valence-electron chi connectivity index (χ2n) is 6.62. The van der Waals surface area contributed by atoms with E-state index in [1.807, 2.05) is 85.7 Å². The van der Waals surface area contributed by atoms with E-state index >= 15 is 0 Å². The van der Waals surface area contributed by atoms with Gasteiger partial charge in [-0.05, 0) is 34.0 Å². The predicted molar refractivity (Wildman–Crippen MR) is 106 cm³/mol. The topological polar surface area (TPSA) is 52.6 Å². The van der Waals surface area contributed by atoms with Crippen molar-refractivity contribution >= 4 is 22.4 Å². The van der Waals surface area contributed by atoms with Crippen LogP contribution < -0.4 is 10.2 Å². The minimum absolute atomic E-state index is 0.0923. The number of benzene rings is 3. The maximum atomic E-state index is 12.3. The molecule has 4 heteroatoms. The third-order valence-electron chi connectivity index (χ3n) is 4.52. The van der Waals surface area contributed by atoms with Gasteiger partial charge in [-0.25, -0.2) is 0 Å². The first-order valence-electron chi connectivity index (χ1n) is 8.73. The fraction of sp³-hybridized carbons (Fsp3) is 0.227. The van der Waals surface area contributed by atoms with Gasteiger partial charge in [-0.1, -0.05) is 54.6 Å². The highest BCUT2D eigenvalue weighted by Crippen LogP contribution is 2.19. The van der Waals surface area contributed by atoms with Crippen LogP contribution in [0.3, 0.4) is 0 Å².